The van der Waals surface area contributed by atoms with E-state index in [4.69, 9.17) is 0 Å². The van der Waals surface area contributed by atoms with Gasteiger partial charge in [-0.2, -0.15) is 5.10 Å². The highest BCUT2D eigenvalue weighted by Crippen LogP contribution is 2.39. The van der Waals surface area contributed by atoms with E-state index in [1.54, 1.807) is 4.90 Å². The van der Waals surface area contributed by atoms with E-state index in [-0.39, 0.29) is 11.8 Å². The van der Waals surface area contributed by atoms with Crippen molar-refractivity contribution >= 4 is 29.3 Å². The van der Waals surface area contributed by atoms with Gasteiger partial charge >= 0.3 is 0 Å². The molecule has 138 valence electrons. The van der Waals surface area contributed by atoms with Crippen molar-refractivity contribution in [3.8, 4) is 5.69 Å². The minimum Gasteiger partial charge on any atom is -0.356 e. The molecule has 1 aromatic carbocycles. The fourth-order valence-corrected chi connectivity index (χ4v) is 4.08. The lowest BCUT2D eigenvalue weighted by atomic mass is 10.2. The fourth-order valence-electron chi connectivity index (χ4n) is 3.00. The lowest BCUT2D eigenvalue weighted by Gasteiger charge is -2.27. The van der Waals surface area contributed by atoms with Gasteiger partial charge in [0.25, 0.3) is 0 Å². The largest absolute Gasteiger partial charge is 0.356 e. The van der Waals surface area contributed by atoms with Gasteiger partial charge in [0.05, 0.1) is 22.8 Å². The molecule has 1 N–H and O–H groups in total. The van der Waals surface area contributed by atoms with Crippen LogP contribution in [0, 0.1) is 6.92 Å². The summed E-state index contributed by atoms with van der Waals surface area (Å²) in [6.45, 7) is 5.19. The second kappa shape index (κ2) is 8.40. The molecule has 1 aliphatic heterocycles. The molecule has 26 heavy (non-hydrogen) atoms. The van der Waals surface area contributed by atoms with Crippen LogP contribution >= 0.6 is 11.8 Å². The second-order valence-corrected chi connectivity index (χ2v) is 7.24. The zero-order chi connectivity index (χ0) is 18.5. The van der Waals surface area contributed by atoms with E-state index in [2.05, 4.69) is 10.4 Å². The number of para-hydroxylation sites is 1. The van der Waals surface area contributed by atoms with E-state index in [0.29, 0.717) is 31.7 Å². The van der Waals surface area contributed by atoms with Gasteiger partial charge in [-0.1, -0.05) is 36.9 Å². The molecule has 0 aliphatic carbocycles. The molecule has 2 aromatic rings. The summed E-state index contributed by atoms with van der Waals surface area (Å²) in [4.78, 5) is 26.1. The number of carbonyl (C=O) groups is 2. The Bertz CT molecular complexity index is 788. The normalized spacial score (nSPS) is 13.6. The summed E-state index contributed by atoms with van der Waals surface area (Å²) in [6.07, 6.45) is 1.99. The van der Waals surface area contributed by atoms with E-state index in [1.165, 1.54) is 11.8 Å². The number of hydrogen-bond donors (Lipinski definition) is 1. The van der Waals surface area contributed by atoms with Crippen molar-refractivity contribution in [3.63, 3.8) is 0 Å². The number of amides is 2. The first kappa shape index (κ1) is 18.5. The summed E-state index contributed by atoms with van der Waals surface area (Å²) < 4.78 is 1.91. The van der Waals surface area contributed by atoms with Gasteiger partial charge in [0, 0.05) is 19.5 Å². The van der Waals surface area contributed by atoms with Crippen LogP contribution in [0.25, 0.3) is 5.69 Å². The SMILES string of the molecule is CCCNC(=O)CCCN1C(=O)CSc2c1c(C)nn2-c1ccccc1. The van der Waals surface area contributed by atoms with Gasteiger partial charge in [-0.3, -0.25) is 9.59 Å². The fraction of sp³-hybridized carbons (Fsp3) is 0.421. The van der Waals surface area contributed by atoms with Crippen LogP contribution in [0.15, 0.2) is 35.4 Å². The molecule has 3 rings (SSSR count). The number of thioether (sulfide) groups is 1. The summed E-state index contributed by atoms with van der Waals surface area (Å²) in [5, 5.41) is 8.52. The second-order valence-electron chi connectivity index (χ2n) is 6.27. The van der Waals surface area contributed by atoms with Gasteiger partial charge in [-0.15, -0.1) is 0 Å². The standard InChI is InChI=1S/C19H24N4O2S/c1-3-11-20-16(24)10-7-12-22-17(25)13-26-19-18(22)14(2)21-23(19)15-8-5-4-6-9-15/h4-6,8-9H,3,7,10-13H2,1-2H3,(H,20,24). The minimum atomic E-state index is 0.0441. The molecule has 0 atom stereocenters. The van der Waals surface area contributed by atoms with Crippen LogP contribution < -0.4 is 10.2 Å². The maximum Gasteiger partial charge on any atom is 0.237 e. The Balaban J connectivity index is 1.77. The summed E-state index contributed by atoms with van der Waals surface area (Å²) >= 11 is 1.52. The third-order valence-corrected chi connectivity index (χ3v) is 5.28. The van der Waals surface area contributed by atoms with Crippen LogP contribution in [0.5, 0.6) is 0 Å². The number of hydrogen-bond acceptors (Lipinski definition) is 4. The third-order valence-electron chi connectivity index (χ3n) is 4.25. The number of benzene rings is 1. The number of aromatic nitrogens is 2. The Labute approximate surface area is 157 Å². The van der Waals surface area contributed by atoms with Crippen molar-refractivity contribution in [1.82, 2.24) is 15.1 Å². The lowest BCUT2D eigenvalue weighted by molar-refractivity contribution is -0.121. The molecular formula is C19H24N4O2S. The summed E-state index contributed by atoms with van der Waals surface area (Å²) in [5.74, 6) is 0.516. The van der Waals surface area contributed by atoms with E-state index in [9.17, 15) is 9.59 Å². The minimum absolute atomic E-state index is 0.0441. The first-order chi connectivity index (χ1) is 12.6. The highest BCUT2D eigenvalue weighted by molar-refractivity contribution is 8.00. The third kappa shape index (κ3) is 3.93. The number of fused-ring (bicyclic) bond motifs is 1. The van der Waals surface area contributed by atoms with Crippen LogP contribution in [0.1, 0.15) is 31.9 Å². The van der Waals surface area contributed by atoms with Crippen LogP contribution in [-0.4, -0.2) is 40.4 Å². The first-order valence-corrected chi connectivity index (χ1v) is 9.95. The molecule has 0 fully saturated rings. The van der Waals surface area contributed by atoms with E-state index >= 15 is 0 Å². The number of carbonyl (C=O) groups excluding carboxylic acids is 2. The van der Waals surface area contributed by atoms with Crippen LogP contribution in [0.2, 0.25) is 0 Å². The zero-order valence-electron chi connectivity index (χ0n) is 15.2. The van der Waals surface area contributed by atoms with Crippen molar-refractivity contribution < 1.29 is 9.59 Å². The van der Waals surface area contributed by atoms with Gasteiger partial charge in [0.1, 0.15) is 5.03 Å². The molecule has 1 aliphatic rings. The molecule has 0 bridgehead atoms. The zero-order valence-corrected chi connectivity index (χ0v) is 16.0. The average molecular weight is 372 g/mol. The molecule has 2 heterocycles. The van der Waals surface area contributed by atoms with E-state index in [1.807, 2.05) is 48.9 Å². The molecule has 1 aromatic heterocycles. The van der Waals surface area contributed by atoms with E-state index in [0.717, 1.165) is 28.5 Å². The summed E-state index contributed by atoms with van der Waals surface area (Å²) in [7, 11) is 0. The van der Waals surface area contributed by atoms with Crippen molar-refractivity contribution in [2.24, 2.45) is 0 Å². The molecule has 0 radical (unpaired) electrons. The lowest BCUT2D eigenvalue weighted by Crippen LogP contribution is -2.37. The summed E-state index contributed by atoms with van der Waals surface area (Å²) in [5.41, 5.74) is 2.70. The van der Waals surface area contributed by atoms with Gasteiger partial charge in [0.2, 0.25) is 11.8 Å². The van der Waals surface area contributed by atoms with Crippen molar-refractivity contribution in [2.45, 2.75) is 38.1 Å². The Hall–Kier alpha value is -2.28. The maximum absolute atomic E-state index is 12.5. The highest BCUT2D eigenvalue weighted by atomic mass is 32.2. The quantitative estimate of drug-likeness (QED) is 0.811. The van der Waals surface area contributed by atoms with Gasteiger partial charge in [-0.05, 0) is 31.9 Å². The molecule has 0 saturated heterocycles. The smallest absolute Gasteiger partial charge is 0.237 e. The molecule has 6 nitrogen and oxygen atoms in total. The Morgan fingerprint density at radius 2 is 2.08 bits per heavy atom. The predicted molar refractivity (Wildman–Crippen MR) is 104 cm³/mol. The molecule has 2 amide bonds. The molecule has 0 saturated carbocycles. The topological polar surface area (TPSA) is 67.2 Å². The number of nitrogens with zero attached hydrogens (tertiary/aromatic N) is 3. The number of anilines is 1. The predicted octanol–water partition coefficient (Wildman–Crippen LogP) is 2.93. The van der Waals surface area contributed by atoms with Crippen LogP contribution in [-0.2, 0) is 9.59 Å². The number of aryl methyl sites for hydroxylation is 1. The van der Waals surface area contributed by atoms with Crippen molar-refractivity contribution in [2.75, 3.05) is 23.7 Å². The maximum atomic E-state index is 12.5. The number of nitrogens with one attached hydrogen (secondary N) is 1. The van der Waals surface area contributed by atoms with E-state index < -0.39 is 0 Å². The Morgan fingerprint density at radius 1 is 1.31 bits per heavy atom. The first-order valence-electron chi connectivity index (χ1n) is 8.96. The molecule has 7 heteroatoms. The molecule has 0 unspecified atom stereocenters. The number of rotatable bonds is 7. The van der Waals surface area contributed by atoms with Gasteiger partial charge in [-0.25, -0.2) is 4.68 Å². The van der Waals surface area contributed by atoms with Crippen molar-refractivity contribution in [3.05, 3.63) is 36.0 Å². The van der Waals surface area contributed by atoms with Gasteiger partial charge < -0.3 is 10.2 Å². The average Bonchev–Trinajstić information content (AvgIpc) is 2.99. The van der Waals surface area contributed by atoms with Crippen LogP contribution in [0.3, 0.4) is 0 Å². The van der Waals surface area contributed by atoms with Crippen LogP contribution in [0.4, 0.5) is 5.69 Å². The monoisotopic (exact) mass is 372 g/mol. The molecule has 0 spiro atoms. The summed E-state index contributed by atoms with van der Waals surface area (Å²) in [6, 6.07) is 9.94. The molecular weight excluding hydrogens is 348 g/mol. The Morgan fingerprint density at radius 3 is 2.81 bits per heavy atom. The Kier molecular flexibility index (Phi) is 5.98. The van der Waals surface area contributed by atoms with Gasteiger partial charge in [0.15, 0.2) is 0 Å². The highest BCUT2D eigenvalue weighted by Gasteiger charge is 2.31. The van der Waals surface area contributed by atoms with Crippen molar-refractivity contribution in [1.29, 1.82) is 0 Å².